The second kappa shape index (κ2) is 8.66. The van der Waals surface area contributed by atoms with E-state index in [9.17, 15) is 13.6 Å². The largest absolute Gasteiger partial charge is 0.434 e. The Morgan fingerprint density at radius 3 is 2.63 bits per heavy atom. The fourth-order valence-electron chi connectivity index (χ4n) is 1.42. The molecule has 0 saturated heterocycles. The smallest absolute Gasteiger partial charge is 0.387 e. The maximum absolute atomic E-state index is 12.1. The fraction of sp³-hybridized carbons (Fsp3) is 0.417. The predicted octanol–water partition coefficient (Wildman–Crippen LogP) is 2.06. The highest BCUT2D eigenvalue weighted by Gasteiger charge is 2.10. The molecule has 1 rings (SSSR count). The SMILES string of the molecule is CC(N)CC(=O)NCc1ccccc1OC(F)F.Cl. The third-order valence-electron chi connectivity index (χ3n) is 2.17. The van der Waals surface area contributed by atoms with Gasteiger partial charge in [-0.2, -0.15) is 8.78 Å². The number of alkyl halides is 2. The number of hydrogen-bond donors (Lipinski definition) is 2. The molecule has 0 aliphatic rings. The van der Waals surface area contributed by atoms with Crippen molar-refractivity contribution in [1.29, 1.82) is 0 Å². The molecule has 1 atom stereocenters. The number of hydrogen-bond acceptors (Lipinski definition) is 3. The number of benzene rings is 1. The van der Waals surface area contributed by atoms with E-state index in [0.717, 1.165) is 0 Å². The van der Waals surface area contributed by atoms with Gasteiger partial charge in [0.2, 0.25) is 5.91 Å². The molecule has 0 aliphatic heterocycles. The average Bonchev–Trinajstić information content (AvgIpc) is 2.26. The first-order valence-corrected chi connectivity index (χ1v) is 5.54. The number of carbonyl (C=O) groups is 1. The van der Waals surface area contributed by atoms with E-state index in [1.165, 1.54) is 6.07 Å². The van der Waals surface area contributed by atoms with Crippen molar-refractivity contribution in [2.24, 2.45) is 5.73 Å². The van der Waals surface area contributed by atoms with Gasteiger partial charge in [0.1, 0.15) is 5.75 Å². The van der Waals surface area contributed by atoms with Gasteiger partial charge in [0.25, 0.3) is 0 Å². The molecule has 0 heterocycles. The van der Waals surface area contributed by atoms with Crippen molar-refractivity contribution < 1.29 is 18.3 Å². The van der Waals surface area contributed by atoms with Crippen LogP contribution in [-0.4, -0.2) is 18.6 Å². The molecule has 0 aromatic heterocycles. The first kappa shape index (κ1) is 17.6. The second-order valence-corrected chi connectivity index (χ2v) is 3.94. The molecule has 1 unspecified atom stereocenters. The number of halogens is 3. The number of ether oxygens (including phenoxy) is 1. The predicted molar refractivity (Wildman–Crippen MR) is 70.4 cm³/mol. The van der Waals surface area contributed by atoms with Crippen molar-refractivity contribution in [2.45, 2.75) is 32.5 Å². The molecule has 1 amide bonds. The highest BCUT2D eigenvalue weighted by Crippen LogP contribution is 2.19. The minimum absolute atomic E-state index is 0. The van der Waals surface area contributed by atoms with Gasteiger partial charge in [-0.15, -0.1) is 12.4 Å². The maximum Gasteiger partial charge on any atom is 0.387 e. The van der Waals surface area contributed by atoms with Gasteiger partial charge in [-0.3, -0.25) is 4.79 Å². The molecular weight excluding hydrogens is 278 g/mol. The van der Waals surface area contributed by atoms with Crippen LogP contribution >= 0.6 is 12.4 Å². The van der Waals surface area contributed by atoms with Crippen LogP contribution in [-0.2, 0) is 11.3 Å². The molecule has 0 aliphatic carbocycles. The van der Waals surface area contributed by atoms with Crippen LogP contribution in [0.3, 0.4) is 0 Å². The van der Waals surface area contributed by atoms with Gasteiger partial charge >= 0.3 is 6.61 Å². The Morgan fingerprint density at radius 2 is 2.05 bits per heavy atom. The average molecular weight is 295 g/mol. The summed E-state index contributed by atoms with van der Waals surface area (Å²) in [4.78, 5) is 11.4. The number of amides is 1. The van der Waals surface area contributed by atoms with Gasteiger partial charge in [-0.25, -0.2) is 0 Å². The van der Waals surface area contributed by atoms with Crippen molar-refractivity contribution in [3.63, 3.8) is 0 Å². The lowest BCUT2D eigenvalue weighted by atomic mass is 10.2. The lowest BCUT2D eigenvalue weighted by Crippen LogP contribution is -2.29. The van der Waals surface area contributed by atoms with Crippen LogP contribution < -0.4 is 15.8 Å². The normalized spacial score (nSPS) is 11.6. The van der Waals surface area contributed by atoms with Crippen LogP contribution in [0, 0.1) is 0 Å². The number of rotatable bonds is 6. The summed E-state index contributed by atoms with van der Waals surface area (Å²) in [6.07, 6.45) is 0.192. The molecule has 4 nitrogen and oxygen atoms in total. The zero-order chi connectivity index (χ0) is 13.5. The molecule has 7 heteroatoms. The second-order valence-electron chi connectivity index (χ2n) is 3.94. The number of nitrogens with one attached hydrogen (secondary N) is 1. The summed E-state index contributed by atoms with van der Waals surface area (Å²) >= 11 is 0. The molecule has 1 aromatic carbocycles. The standard InChI is InChI=1S/C12H16F2N2O2.ClH/c1-8(15)6-11(17)16-7-9-4-2-3-5-10(9)18-12(13)14;/h2-5,8,12H,6-7,15H2,1H3,(H,16,17);1H. The van der Waals surface area contributed by atoms with Gasteiger partial charge < -0.3 is 15.8 Å². The van der Waals surface area contributed by atoms with Crippen LogP contribution in [0.2, 0.25) is 0 Å². The van der Waals surface area contributed by atoms with Gasteiger partial charge in [-0.1, -0.05) is 18.2 Å². The van der Waals surface area contributed by atoms with Crippen LogP contribution in [0.4, 0.5) is 8.78 Å². The van der Waals surface area contributed by atoms with E-state index in [4.69, 9.17) is 5.73 Å². The maximum atomic E-state index is 12.1. The third-order valence-corrected chi connectivity index (χ3v) is 2.17. The van der Waals surface area contributed by atoms with Gasteiger partial charge in [0.05, 0.1) is 0 Å². The molecular formula is C12H17ClF2N2O2. The van der Waals surface area contributed by atoms with E-state index in [0.29, 0.717) is 5.56 Å². The summed E-state index contributed by atoms with van der Waals surface area (Å²) < 4.78 is 28.6. The Labute approximate surface area is 116 Å². The van der Waals surface area contributed by atoms with E-state index in [2.05, 4.69) is 10.1 Å². The Bertz CT molecular complexity index is 403. The van der Waals surface area contributed by atoms with E-state index in [-0.39, 0.29) is 43.1 Å². The first-order chi connectivity index (χ1) is 8.49. The highest BCUT2D eigenvalue weighted by molar-refractivity contribution is 5.85. The summed E-state index contributed by atoms with van der Waals surface area (Å²) in [6.45, 7) is -1.03. The van der Waals surface area contributed by atoms with Crippen molar-refractivity contribution in [1.82, 2.24) is 5.32 Å². The van der Waals surface area contributed by atoms with Crippen LogP contribution in [0.1, 0.15) is 18.9 Å². The Hall–Kier alpha value is -1.40. The van der Waals surface area contributed by atoms with Crippen molar-refractivity contribution in [2.75, 3.05) is 0 Å². The van der Waals surface area contributed by atoms with Crippen LogP contribution in [0.15, 0.2) is 24.3 Å². The molecule has 19 heavy (non-hydrogen) atoms. The summed E-state index contributed by atoms with van der Waals surface area (Å²) in [5.74, 6) is -0.162. The van der Waals surface area contributed by atoms with Gasteiger partial charge in [-0.05, 0) is 13.0 Å². The molecule has 0 fully saturated rings. The topological polar surface area (TPSA) is 64.4 Å². The fourth-order valence-corrected chi connectivity index (χ4v) is 1.42. The monoisotopic (exact) mass is 294 g/mol. The number of nitrogens with two attached hydrogens (primary N) is 1. The Kier molecular flexibility index (Phi) is 8.02. The third kappa shape index (κ3) is 6.93. The molecule has 0 saturated carbocycles. The summed E-state index contributed by atoms with van der Waals surface area (Å²) in [5.41, 5.74) is 5.97. The number of para-hydroxylation sites is 1. The van der Waals surface area contributed by atoms with Crippen LogP contribution in [0.5, 0.6) is 5.75 Å². The Balaban J connectivity index is 0.00000324. The lowest BCUT2D eigenvalue weighted by Gasteiger charge is -2.12. The highest BCUT2D eigenvalue weighted by atomic mass is 35.5. The van der Waals surface area contributed by atoms with E-state index in [1.54, 1.807) is 25.1 Å². The first-order valence-electron chi connectivity index (χ1n) is 5.54. The van der Waals surface area contributed by atoms with Crippen molar-refractivity contribution in [3.8, 4) is 5.75 Å². The molecule has 0 bridgehead atoms. The van der Waals surface area contributed by atoms with E-state index >= 15 is 0 Å². The van der Waals surface area contributed by atoms with E-state index in [1.807, 2.05) is 0 Å². The van der Waals surface area contributed by atoms with Gasteiger partial charge in [0, 0.05) is 24.6 Å². The van der Waals surface area contributed by atoms with E-state index < -0.39 is 6.61 Å². The van der Waals surface area contributed by atoms with Crippen LogP contribution in [0.25, 0.3) is 0 Å². The number of carbonyl (C=O) groups excluding carboxylic acids is 1. The zero-order valence-corrected chi connectivity index (χ0v) is 11.3. The molecule has 0 radical (unpaired) electrons. The quantitative estimate of drug-likeness (QED) is 0.844. The summed E-state index contributed by atoms with van der Waals surface area (Å²) in [5, 5.41) is 2.60. The molecule has 1 aromatic rings. The zero-order valence-electron chi connectivity index (χ0n) is 10.4. The van der Waals surface area contributed by atoms with Crippen molar-refractivity contribution in [3.05, 3.63) is 29.8 Å². The van der Waals surface area contributed by atoms with Crippen molar-refractivity contribution >= 4 is 18.3 Å². The summed E-state index contributed by atoms with van der Waals surface area (Å²) in [6, 6.07) is 6.08. The minimum Gasteiger partial charge on any atom is -0.434 e. The lowest BCUT2D eigenvalue weighted by molar-refractivity contribution is -0.121. The minimum atomic E-state index is -2.88. The summed E-state index contributed by atoms with van der Waals surface area (Å²) in [7, 11) is 0. The Morgan fingerprint density at radius 1 is 1.42 bits per heavy atom. The molecule has 3 N–H and O–H groups in total. The van der Waals surface area contributed by atoms with Gasteiger partial charge in [0.15, 0.2) is 0 Å². The molecule has 0 spiro atoms. The molecule has 108 valence electrons.